The van der Waals surface area contributed by atoms with Gasteiger partial charge in [-0.05, 0) is 84.8 Å². The molecule has 2 heterocycles. The molecule has 4 rings (SSSR count). The van der Waals surface area contributed by atoms with Crippen molar-refractivity contribution in [3.8, 4) is 17.2 Å². The van der Waals surface area contributed by atoms with Crippen molar-refractivity contribution in [2.75, 3.05) is 20.3 Å². The third kappa shape index (κ3) is 5.93. The number of thiazole rings is 1. The third-order valence-corrected chi connectivity index (χ3v) is 7.60. The van der Waals surface area contributed by atoms with Crippen LogP contribution >= 0.6 is 33.9 Å². The van der Waals surface area contributed by atoms with Crippen LogP contribution in [0.2, 0.25) is 0 Å². The highest BCUT2D eigenvalue weighted by Crippen LogP contribution is 2.35. The monoisotopic (exact) mass is 662 g/mol. The number of halogens is 1. The van der Waals surface area contributed by atoms with Gasteiger partial charge in [0.15, 0.2) is 16.3 Å². The molecule has 39 heavy (non-hydrogen) atoms. The van der Waals surface area contributed by atoms with Gasteiger partial charge in [0.2, 0.25) is 0 Å². The van der Waals surface area contributed by atoms with Gasteiger partial charge in [0.1, 0.15) is 5.75 Å². The predicted molar refractivity (Wildman–Crippen MR) is 155 cm³/mol. The first-order chi connectivity index (χ1) is 18.7. The zero-order valence-corrected chi connectivity index (χ0v) is 25.0. The minimum absolute atomic E-state index is 0.194. The number of benzene rings is 2. The van der Waals surface area contributed by atoms with E-state index in [1.807, 2.05) is 31.2 Å². The minimum Gasteiger partial charge on any atom is -0.494 e. The molecule has 1 aliphatic heterocycles. The Morgan fingerprint density at radius 1 is 1.15 bits per heavy atom. The Kier molecular flexibility index (Phi) is 8.90. The number of esters is 2. The number of ether oxygens (including phenoxy) is 4. The number of carbonyl (C=O) groups is 2. The van der Waals surface area contributed by atoms with Gasteiger partial charge in [-0.25, -0.2) is 9.79 Å². The lowest BCUT2D eigenvalue weighted by Crippen LogP contribution is -2.39. The van der Waals surface area contributed by atoms with Gasteiger partial charge in [0.05, 0.1) is 45.7 Å². The van der Waals surface area contributed by atoms with Crippen LogP contribution in [0.5, 0.6) is 17.2 Å². The van der Waals surface area contributed by atoms with Crippen LogP contribution < -0.4 is 29.1 Å². The zero-order valence-electron chi connectivity index (χ0n) is 22.1. The Morgan fingerprint density at radius 2 is 1.87 bits per heavy atom. The first-order valence-corrected chi connectivity index (χ1v) is 14.1. The highest BCUT2D eigenvalue weighted by Gasteiger charge is 2.33. The van der Waals surface area contributed by atoms with Crippen LogP contribution in [-0.2, 0) is 14.3 Å². The fourth-order valence-corrected chi connectivity index (χ4v) is 6.02. The summed E-state index contributed by atoms with van der Waals surface area (Å²) in [6.45, 7) is 7.41. The van der Waals surface area contributed by atoms with Gasteiger partial charge >= 0.3 is 11.9 Å². The highest BCUT2D eigenvalue weighted by atomic mass is 127. The number of nitrogens with zero attached hydrogens (tertiary/aromatic N) is 2. The smallest absolute Gasteiger partial charge is 0.338 e. The Bertz CT molecular complexity index is 1640. The van der Waals surface area contributed by atoms with Crippen molar-refractivity contribution < 1.29 is 28.5 Å². The van der Waals surface area contributed by atoms with Gasteiger partial charge in [-0.3, -0.25) is 14.2 Å². The van der Waals surface area contributed by atoms with Crippen molar-refractivity contribution in [3.63, 3.8) is 0 Å². The number of hydrogen-bond acceptors (Lipinski definition) is 9. The molecule has 0 spiro atoms. The average Bonchev–Trinajstić information content (AvgIpc) is 3.19. The van der Waals surface area contributed by atoms with Crippen molar-refractivity contribution in [2.24, 2.45) is 4.99 Å². The van der Waals surface area contributed by atoms with E-state index in [9.17, 15) is 14.4 Å². The highest BCUT2D eigenvalue weighted by molar-refractivity contribution is 14.1. The van der Waals surface area contributed by atoms with Crippen LogP contribution in [0.15, 0.2) is 57.5 Å². The second-order valence-corrected chi connectivity index (χ2v) is 10.6. The summed E-state index contributed by atoms with van der Waals surface area (Å²) in [5.74, 6) is 0.382. The van der Waals surface area contributed by atoms with Crippen LogP contribution in [-0.4, -0.2) is 36.8 Å². The Balaban J connectivity index is 1.89. The summed E-state index contributed by atoms with van der Waals surface area (Å²) in [6, 6.07) is 10.1. The fourth-order valence-electron chi connectivity index (χ4n) is 4.24. The summed E-state index contributed by atoms with van der Waals surface area (Å²) < 4.78 is 24.2. The SMILES string of the molecule is CCOC(=O)C1=C(C)N=c2s/c(=C\c3cc(I)c(OC(C)=O)c(OC)c3)c(=O)n2[C@@H]1c1ccc(OCC)cc1. The van der Waals surface area contributed by atoms with E-state index < -0.39 is 18.0 Å². The van der Waals surface area contributed by atoms with E-state index >= 15 is 0 Å². The summed E-state index contributed by atoms with van der Waals surface area (Å²) in [7, 11) is 1.48. The summed E-state index contributed by atoms with van der Waals surface area (Å²) in [5.41, 5.74) is 1.90. The van der Waals surface area contributed by atoms with Gasteiger partial charge in [-0.1, -0.05) is 23.5 Å². The molecule has 0 saturated heterocycles. The van der Waals surface area contributed by atoms with Gasteiger partial charge < -0.3 is 18.9 Å². The molecule has 0 bridgehead atoms. The molecule has 0 N–H and O–H groups in total. The Hall–Kier alpha value is -3.45. The van der Waals surface area contributed by atoms with E-state index in [0.29, 0.717) is 53.6 Å². The van der Waals surface area contributed by atoms with E-state index in [-0.39, 0.29) is 12.2 Å². The Morgan fingerprint density at radius 3 is 2.49 bits per heavy atom. The molecule has 1 aromatic heterocycles. The molecule has 9 nitrogen and oxygen atoms in total. The maximum Gasteiger partial charge on any atom is 0.338 e. The average molecular weight is 663 g/mol. The number of carbonyl (C=O) groups excluding carboxylic acids is 2. The summed E-state index contributed by atoms with van der Waals surface area (Å²) >= 11 is 3.27. The van der Waals surface area contributed by atoms with E-state index in [2.05, 4.69) is 27.6 Å². The van der Waals surface area contributed by atoms with Gasteiger partial charge in [0, 0.05) is 6.92 Å². The zero-order chi connectivity index (χ0) is 28.3. The normalized spacial score (nSPS) is 14.9. The van der Waals surface area contributed by atoms with Crippen LogP contribution in [0.4, 0.5) is 0 Å². The van der Waals surface area contributed by atoms with Gasteiger partial charge in [0.25, 0.3) is 5.56 Å². The quantitative estimate of drug-likeness (QED) is 0.206. The number of rotatable bonds is 8. The minimum atomic E-state index is -0.723. The molecule has 11 heteroatoms. The van der Waals surface area contributed by atoms with Crippen molar-refractivity contribution in [1.82, 2.24) is 4.57 Å². The first kappa shape index (κ1) is 28.6. The topological polar surface area (TPSA) is 105 Å². The maximum atomic E-state index is 13.8. The van der Waals surface area contributed by atoms with Crippen LogP contribution in [0.25, 0.3) is 6.08 Å². The first-order valence-electron chi connectivity index (χ1n) is 12.2. The molecule has 0 saturated carbocycles. The second-order valence-electron chi connectivity index (χ2n) is 8.43. The van der Waals surface area contributed by atoms with E-state index in [4.69, 9.17) is 18.9 Å². The van der Waals surface area contributed by atoms with E-state index in [0.717, 1.165) is 5.56 Å². The van der Waals surface area contributed by atoms with Crippen LogP contribution in [0.3, 0.4) is 0 Å². The molecule has 0 aliphatic carbocycles. The molecule has 1 atom stereocenters. The number of hydrogen-bond donors (Lipinski definition) is 0. The van der Waals surface area contributed by atoms with Crippen molar-refractivity contribution in [1.29, 1.82) is 0 Å². The fraction of sp³-hybridized carbons (Fsp3) is 0.286. The Labute approximate surface area is 242 Å². The summed E-state index contributed by atoms with van der Waals surface area (Å²) in [6.07, 6.45) is 1.73. The molecule has 204 valence electrons. The number of allylic oxidation sites excluding steroid dienone is 1. The van der Waals surface area contributed by atoms with Gasteiger partial charge in [-0.2, -0.15) is 0 Å². The van der Waals surface area contributed by atoms with Crippen molar-refractivity contribution >= 4 is 51.9 Å². The molecular formula is C28H27IN2O7S. The standard InChI is InChI=1S/C28H27IN2O7S/c1-6-36-19-10-8-18(9-11-19)24-23(27(34)37-7-2)15(3)30-28-31(24)26(33)22(39-28)14-17-12-20(29)25(38-16(4)32)21(13-17)35-5/h8-14,24H,6-7H2,1-5H3/b22-14-/t24-/m1/s1. The molecule has 0 amide bonds. The number of methoxy groups -OCH3 is 1. The lowest BCUT2D eigenvalue weighted by molar-refractivity contribution is -0.139. The third-order valence-electron chi connectivity index (χ3n) is 5.82. The molecule has 0 unspecified atom stereocenters. The molecule has 2 aromatic carbocycles. The maximum absolute atomic E-state index is 13.8. The van der Waals surface area contributed by atoms with Crippen LogP contribution in [0, 0.1) is 3.57 Å². The largest absolute Gasteiger partial charge is 0.494 e. The van der Waals surface area contributed by atoms with Crippen molar-refractivity contribution in [3.05, 3.63) is 82.1 Å². The molecule has 1 aliphatic rings. The summed E-state index contributed by atoms with van der Waals surface area (Å²) in [5, 5.41) is 0. The number of aromatic nitrogens is 1. The van der Waals surface area contributed by atoms with E-state index in [1.165, 1.54) is 29.9 Å². The summed E-state index contributed by atoms with van der Waals surface area (Å²) in [4.78, 5) is 43.5. The van der Waals surface area contributed by atoms with Crippen LogP contribution in [0.1, 0.15) is 44.9 Å². The predicted octanol–water partition coefficient (Wildman–Crippen LogP) is 3.74. The van der Waals surface area contributed by atoms with Crippen molar-refractivity contribution in [2.45, 2.75) is 33.7 Å². The van der Waals surface area contributed by atoms with Gasteiger partial charge in [-0.15, -0.1) is 0 Å². The molecule has 0 fully saturated rings. The lowest BCUT2D eigenvalue weighted by atomic mass is 9.96. The lowest BCUT2D eigenvalue weighted by Gasteiger charge is -2.24. The van der Waals surface area contributed by atoms with E-state index in [1.54, 1.807) is 32.1 Å². The molecule has 0 radical (unpaired) electrons. The molecule has 3 aromatic rings. The second kappa shape index (κ2) is 12.2. The number of fused-ring (bicyclic) bond motifs is 1. The molecular weight excluding hydrogens is 635 g/mol.